The van der Waals surface area contributed by atoms with E-state index in [0.717, 1.165) is 24.2 Å². The highest BCUT2D eigenvalue weighted by atomic mass is 15.2. The molecule has 0 aromatic heterocycles. The van der Waals surface area contributed by atoms with Gasteiger partial charge in [-0.05, 0) is 45.1 Å². The summed E-state index contributed by atoms with van der Waals surface area (Å²) >= 11 is 0. The number of nitrogens with one attached hydrogen (secondary N) is 1. The normalized spacial score (nSPS) is 42.0. The molecule has 0 amide bonds. The Morgan fingerprint density at radius 3 is 2.14 bits per heavy atom. The van der Waals surface area contributed by atoms with Gasteiger partial charge in [-0.25, -0.2) is 0 Å². The zero-order chi connectivity index (χ0) is 9.54. The van der Waals surface area contributed by atoms with Crippen LogP contribution in [0.5, 0.6) is 0 Å². The highest BCUT2D eigenvalue weighted by Gasteiger charge is 2.39. The summed E-state index contributed by atoms with van der Waals surface area (Å²) in [5, 5.41) is 3.73. The van der Waals surface area contributed by atoms with Gasteiger partial charge in [0.1, 0.15) is 0 Å². The maximum Gasteiger partial charge on any atom is 0.0128 e. The molecular weight excluding hydrogens is 172 g/mol. The van der Waals surface area contributed by atoms with Gasteiger partial charge in [0.25, 0.3) is 0 Å². The van der Waals surface area contributed by atoms with E-state index in [1.165, 1.54) is 45.1 Å². The third-order valence-corrected chi connectivity index (χ3v) is 4.30. The van der Waals surface area contributed by atoms with Gasteiger partial charge in [-0.15, -0.1) is 0 Å². The second kappa shape index (κ2) is 3.49. The summed E-state index contributed by atoms with van der Waals surface area (Å²) in [4.78, 5) is 2.78. The Hall–Kier alpha value is -0.0800. The van der Waals surface area contributed by atoms with Crippen LogP contribution in [0.15, 0.2) is 0 Å². The average molecular weight is 194 g/mol. The zero-order valence-corrected chi connectivity index (χ0v) is 9.21. The van der Waals surface area contributed by atoms with Gasteiger partial charge in [0.05, 0.1) is 0 Å². The van der Waals surface area contributed by atoms with Crippen LogP contribution in [0.2, 0.25) is 0 Å². The van der Waals surface area contributed by atoms with Crippen molar-refractivity contribution in [1.29, 1.82) is 0 Å². The molecule has 3 fully saturated rings. The zero-order valence-electron chi connectivity index (χ0n) is 9.21. The summed E-state index contributed by atoms with van der Waals surface area (Å²) in [6.45, 7) is 3.61. The monoisotopic (exact) mass is 194 g/mol. The highest BCUT2D eigenvalue weighted by molar-refractivity contribution is 4.98. The van der Waals surface area contributed by atoms with Crippen molar-refractivity contribution < 1.29 is 0 Å². The van der Waals surface area contributed by atoms with Gasteiger partial charge in [-0.3, -0.25) is 4.90 Å². The number of hydrogen-bond acceptors (Lipinski definition) is 2. The van der Waals surface area contributed by atoms with Crippen molar-refractivity contribution in [2.75, 3.05) is 6.54 Å². The van der Waals surface area contributed by atoms with Gasteiger partial charge in [0.2, 0.25) is 0 Å². The molecule has 3 rings (SSSR count). The number of hydrogen-bond donors (Lipinski definition) is 1. The molecule has 0 radical (unpaired) electrons. The largest absolute Gasteiger partial charge is 0.311 e. The van der Waals surface area contributed by atoms with Gasteiger partial charge in [0.15, 0.2) is 0 Å². The summed E-state index contributed by atoms with van der Waals surface area (Å²) in [5.74, 6) is 0. The van der Waals surface area contributed by atoms with Crippen molar-refractivity contribution in [2.24, 2.45) is 0 Å². The van der Waals surface area contributed by atoms with Crippen molar-refractivity contribution in [2.45, 2.75) is 69.6 Å². The fourth-order valence-corrected chi connectivity index (χ4v) is 3.52. The lowest BCUT2D eigenvalue weighted by Gasteiger charge is -2.37. The summed E-state index contributed by atoms with van der Waals surface area (Å²) < 4.78 is 0. The topological polar surface area (TPSA) is 15.3 Å². The quantitative estimate of drug-likeness (QED) is 0.736. The smallest absolute Gasteiger partial charge is 0.0128 e. The van der Waals surface area contributed by atoms with Gasteiger partial charge in [-0.2, -0.15) is 0 Å². The first-order chi connectivity index (χ1) is 6.86. The molecule has 2 heterocycles. The molecule has 2 aliphatic heterocycles. The molecule has 1 saturated carbocycles. The molecule has 0 aromatic carbocycles. The van der Waals surface area contributed by atoms with Crippen molar-refractivity contribution in [3.05, 3.63) is 0 Å². The first kappa shape index (κ1) is 9.17. The summed E-state index contributed by atoms with van der Waals surface area (Å²) in [7, 11) is 0. The molecule has 2 heteroatoms. The lowest BCUT2D eigenvalue weighted by molar-refractivity contribution is 0.140. The third kappa shape index (κ3) is 1.59. The lowest BCUT2D eigenvalue weighted by atomic mass is 9.98. The fraction of sp³-hybridized carbons (Fsp3) is 1.00. The number of nitrogens with zero attached hydrogens (tertiary/aromatic N) is 1. The lowest BCUT2D eigenvalue weighted by Crippen LogP contribution is -2.48. The molecule has 80 valence electrons. The minimum Gasteiger partial charge on any atom is -0.311 e. The van der Waals surface area contributed by atoms with Crippen LogP contribution >= 0.6 is 0 Å². The molecule has 2 bridgehead atoms. The van der Waals surface area contributed by atoms with E-state index in [1.807, 2.05) is 0 Å². The Morgan fingerprint density at radius 1 is 1.00 bits per heavy atom. The number of rotatable bonds is 3. The Morgan fingerprint density at radius 2 is 1.64 bits per heavy atom. The average Bonchev–Trinajstić information content (AvgIpc) is 2.95. The van der Waals surface area contributed by atoms with Crippen LogP contribution in [0.1, 0.15) is 45.4 Å². The number of fused-ring (bicyclic) bond motifs is 2. The first-order valence-electron chi connectivity index (χ1n) is 6.38. The summed E-state index contributed by atoms with van der Waals surface area (Å²) in [6, 6.07) is 3.58. The molecule has 2 nitrogen and oxygen atoms in total. The molecule has 2 saturated heterocycles. The van der Waals surface area contributed by atoms with Crippen LogP contribution in [0.4, 0.5) is 0 Å². The second-order valence-electron chi connectivity index (χ2n) is 5.32. The minimum absolute atomic E-state index is 0.853. The molecule has 3 aliphatic rings. The first-order valence-corrected chi connectivity index (χ1v) is 6.38. The van der Waals surface area contributed by atoms with Crippen molar-refractivity contribution in [3.8, 4) is 0 Å². The molecule has 0 spiro atoms. The minimum atomic E-state index is 0.853. The summed E-state index contributed by atoms with van der Waals surface area (Å²) in [5.41, 5.74) is 0. The predicted octanol–water partition coefficient (Wildman–Crippen LogP) is 1.75. The molecule has 0 aromatic rings. The van der Waals surface area contributed by atoms with E-state index in [2.05, 4.69) is 17.1 Å². The standard InChI is InChI=1S/C12H22N2/c1-2-14(11-5-6-11)12-7-9-3-4-10(8-12)13-9/h9-13H,2-8H2,1H3. The third-order valence-electron chi connectivity index (χ3n) is 4.30. The molecule has 2 atom stereocenters. The Kier molecular flexibility index (Phi) is 2.29. The maximum absolute atomic E-state index is 3.73. The van der Waals surface area contributed by atoms with Gasteiger partial charge < -0.3 is 5.32 Å². The van der Waals surface area contributed by atoms with Crippen LogP contribution in [0.3, 0.4) is 0 Å². The van der Waals surface area contributed by atoms with Crippen LogP contribution in [0.25, 0.3) is 0 Å². The van der Waals surface area contributed by atoms with E-state index in [0.29, 0.717) is 0 Å². The van der Waals surface area contributed by atoms with E-state index >= 15 is 0 Å². The van der Waals surface area contributed by atoms with E-state index in [-0.39, 0.29) is 0 Å². The van der Waals surface area contributed by atoms with Gasteiger partial charge in [0, 0.05) is 24.2 Å². The molecular formula is C12H22N2. The van der Waals surface area contributed by atoms with Crippen molar-refractivity contribution >= 4 is 0 Å². The van der Waals surface area contributed by atoms with E-state index < -0.39 is 0 Å². The van der Waals surface area contributed by atoms with Crippen LogP contribution in [-0.4, -0.2) is 35.6 Å². The van der Waals surface area contributed by atoms with Crippen molar-refractivity contribution in [3.63, 3.8) is 0 Å². The molecule has 1 aliphatic carbocycles. The maximum atomic E-state index is 3.73. The Bertz CT molecular complexity index is 200. The predicted molar refractivity (Wildman–Crippen MR) is 58.4 cm³/mol. The highest BCUT2D eigenvalue weighted by Crippen LogP contribution is 2.35. The Labute approximate surface area is 87.0 Å². The molecule has 2 unspecified atom stereocenters. The SMILES string of the molecule is CCN(C1CC1)C1CC2CCC(C1)N2. The molecule has 1 N–H and O–H groups in total. The van der Waals surface area contributed by atoms with Gasteiger partial charge in [-0.1, -0.05) is 6.92 Å². The van der Waals surface area contributed by atoms with E-state index in [1.54, 1.807) is 0 Å². The van der Waals surface area contributed by atoms with E-state index in [4.69, 9.17) is 0 Å². The van der Waals surface area contributed by atoms with Crippen LogP contribution < -0.4 is 5.32 Å². The Balaban J connectivity index is 1.66. The fourth-order valence-electron chi connectivity index (χ4n) is 3.52. The number of piperidine rings is 1. The second-order valence-corrected chi connectivity index (χ2v) is 5.32. The van der Waals surface area contributed by atoms with Crippen molar-refractivity contribution in [1.82, 2.24) is 10.2 Å². The molecule has 14 heavy (non-hydrogen) atoms. The summed E-state index contributed by atoms with van der Waals surface area (Å²) in [6.07, 6.45) is 8.63. The van der Waals surface area contributed by atoms with Gasteiger partial charge >= 0.3 is 0 Å². The van der Waals surface area contributed by atoms with E-state index in [9.17, 15) is 0 Å². The van der Waals surface area contributed by atoms with Crippen LogP contribution in [0, 0.1) is 0 Å². The van der Waals surface area contributed by atoms with Crippen LogP contribution in [-0.2, 0) is 0 Å².